The number of aromatic nitrogens is 1. The van der Waals surface area contributed by atoms with Crippen molar-refractivity contribution in [3.05, 3.63) is 205 Å². The zero-order chi connectivity index (χ0) is 38.2. The number of nitrogens with zero attached hydrogens (tertiary/aromatic N) is 2. The van der Waals surface area contributed by atoms with Gasteiger partial charge in [0.1, 0.15) is 11.1 Å². The molecule has 0 spiro atoms. The van der Waals surface area contributed by atoms with E-state index in [2.05, 4.69) is 169 Å². The van der Waals surface area contributed by atoms with Gasteiger partial charge in [0.2, 0.25) is 5.89 Å². The first-order chi connectivity index (χ1) is 28.7. The minimum atomic E-state index is 0.575. The maximum atomic E-state index is 7.02. The number of para-hydroxylation sites is 2. The van der Waals surface area contributed by atoms with Crippen LogP contribution in [-0.4, -0.2) is 4.98 Å². The SMILES string of the molecule is c1ccc(-c2ccc(-c3ccc(N(c4ccc5c(c4)Cc4ccccc4-5)c4cc5ccccc5c5c4oc4cccc(-c6nc7ccccc7o6)c45)cc3)cc2)cc1. The van der Waals surface area contributed by atoms with Gasteiger partial charge in [-0.2, -0.15) is 0 Å². The summed E-state index contributed by atoms with van der Waals surface area (Å²) >= 11 is 0. The maximum absolute atomic E-state index is 7.02. The lowest BCUT2D eigenvalue weighted by atomic mass is 9.98. The third-order valence-corrected chi connectivity index (χ3v) is 11.7. The highest BCUT2D eigenvalue weighted by molar-refractivity contribution is 6.26. The van der Waals surface area contributed by atoms with Gasteiger partial charge in [-0.1, -0.05) is 140 Å². The van der Waals surface area contributed by atoms with Gasteiger partial charge in [0.05, 0.1) is 5.69 Å². The fourth-order valence-electron chi connectivity index (χ4n) is 8.97. The Labute approximate surface area is 334 Å². The third kappa shape index (κ3) is 5.19. The molecule has 0 N–H and O–H groups in total. The predicted molar refractivity (Wildman–Crippen MR) is 238 cm³/mol. The quantitative estimate of drug-likeness (QED) is 0.170. The molecule has 1 aliphatic rings. The molecule has 4 nitrogen and oxygen atoms in total. The number of hydrogen-bond acceptors (Lipinski definition) is 4. The molecule has 4 heteroatoms. The van der Waals surface area contributed by atoms with E-state index in [0.29, 0.717) is 5.89 Å². The number of oxazole rings is 1. The van der Waals surface area contributed by atoms with Crippen molar-refractivity contribution in [1.29, 1.82) is 0 Å². The van der Waals surface area contributed by atoms with E-state index >= 15 is 0 Å². The average Bonchev–Trinajstić information content (AvgIpc) is 4.01. The van der Waals surface area contributed by atoms with Crippen LogP contribution in [0, 0.1) is 0 Å². The molecule has 2 aromatic heterocycles. The summed E-state index contributed by atoms with van der Waals surface area (Å²) in [5.74, 6) is 0.575. The number of hydrogen-bond donors (Lipinski definition) is 0. The van der Waals surface area contributed by atoms with E-state index < -0.39 is 0 Å². The Kier molecular flexibility index (Phi) is 7.26. The summed E-state index contributed by atoms with van der Waals surface area (Å²) < 4.78 is 13.4. The molecule has 0 radical (unpaired) electrons. The van der Waals surface area contributed by atoms with E-state index in [1.165, 1.54) is 38.9 Å². The Hall–Kier alpha value is -7.69. The van der Waals surface area contributed by atoms with Crippen molar-refractivity contribution in [2.75, 3.05) is 4.90 Å². The molecule has 11 aromatic rings. The molecular weight excluding hydrogens is 709 g/mol. The average molecular weight is 743 g/mol. The van der Waals surface area contributed by atoms with Crippen LogP contribution >= 0.6 is 0 Å². The van der Waals surface area contributed by atoms with E-state index in [-0.39, 0.29) is 0 Å². The molecule has 9 aromatic carbocycles. The van der Waals surface area contributed by atoms with Crippen molar-refractivity contribution < 1.29 is 8.83 Å². The molecule has 0 saturated heterocycles. The lowest BCUT2D eigenvalue weighted by molar-refractivity contribution is 0.620. The number of benzene rings is 9. The molecule has 1 aliphatic carbocycles. The van der Waals surface area contributed by atoms with Crippen LogP contribution in [0.5, 0.6) is 0 Å². The number of furan rings is 1. The van der Waals surface area contributed by atoms with Gasteiger partial charge in [0.25, 0.3) is 0 Å². The first-order valence-electron chi connectivity index (χ1n) is 19.7. The van der Waals surface area contributed by atoms with Crippen molar-refractivity contribution in [3.8, 4) is 44.8 Å². The molecule has 0 fully saturated rings. The summed E-state index contributed by atoms with van der Waals surface area (Å²) in [7, 11) is 0. The van der Waals surface area contributed by atoms with Crippen LogP contribution in [0.4, 0.5) is 17.1 Å². The molecule has 58 heavy (non-hydrogen) atoms. The summed E-state index contributed by atoms with van der Waals surface area (Å²) in [5.41, 5.74) is 17.2. The number of fused-ring (bicyclic) bond motifs is 9. The number of anilines is 3. The smallest absolute Gasteiger partial charge is 0.228 e. The predicted octanol–water partition coefficient (Wildman–Crippen LogP) is 14.9. The summed E-state index contributed by atoms with van der Waals surface area (Å²) in [6.45, 7) is 0. The number of rotatable bonds is 6. The molecule has 12 rings (SSSR count). The highest BCUT2D eigenvalue weighted by atomic mass is 16.3. The highest BCUT2D eigenvalue weighted by Crippen LogP contribution is 2.49. The summed E-state index contributed by atoms with van der Waals surface area (Å²) in [4.78, 5) is 7.30. The van der Waals surface area contributed by atoms with E-state index in [0.717, 1.165) is 78.4 Å². The minimum Gasteiger partial charge on any atom is -0.454 e. The van der Waals surface area contributed by atoms with Crippen LogP contribution in [-0.2, 0) is 6.42 Å². The Morgan fingerprint density at radius 2 is 1.07 bits per heavy atom. The second kappa shape index (κ2) is 12.9. The molecular formula is C54H34N2O2. The molecule has 0 atom stereocenters. The van der Waals surface area contributed by atoms with Crippen molar-refractivity contribution in [3.63, 3.8) is 0 Å². The third-order valence-electron chi connectivity index (χ3n) is 11.7. The van der Waals surface area contributed by atoms with Gasteiger partial charge in [0.15, 0.2) is 11.2 Å². The van der Waals surface area contributed by atoms with Crippen LogP contribution in [0.1, 0.15) is 11.1 Å². The van der Waals surface area contributed by atoms with Gasteiger partial charge in [-0.25, -0.2) is 4.98 Å². The second-order valence-corrected chi connectivity index (χ2v) is 15.1. The van der Waals surface area contributed by atoms with Gasteiger partial charge < -0.3 is 13.7 Å². The summed E-state index contributed by atoms with van der Waals surface area (Å²) in [5, 5.41) is 4.26. The highest BCUT2D eigenvalue weighted by Gasteiger charge is 2.26. The van der Waals surface area contributed by atoms with Crippen molar-refractivity contribution in [2.45, 2.75) is 6.42 Å². The second-order valence-electron chi connectivity index (χ2n) is 15.1. The molecule has 2 heterocycles. The first-order valence-corrected chi connectivity index (χ1v) is 19.7. The van der Waals surface area contributed by atoms with Gasteiger partial charge in [-0.3, -0.25) is 0 Å². The van der Waals surface area contributed by atoms with Crippen LogP contribution < -0.4 is 4.90 Å². The topological polar surface area (TPSA) is 42.4 Å². The van der Waals surface area contributed by atoms with Crippen LogP contribution in [0.2, 0.25) is 0 Å². The monoisotopic (exact) mass is 742 g/mol. The van der Waals surface area contributed by atoms with E-state index in [1.807, 2.05) is 30.3 Å². The molecule has 0 aliphatic heterocycles. The molecule has 272 valence electrons. The Bertz CT molecular complexity index is 3330. The largest absolute Gasteiger partial charge is 0.454 e. The van der Waals surface area contributed by atoms with Gasteiger partial charge in [-0.15, -0.1) is 0 Å². The van der Waals surface area contributed by atoms with E-state index in [1.54, 1.807) is 0 Å². The van der Waals surface area contributed by atoms with Gasteiger partial charge in [-0.05, 0) is 116 Å². The summed E-state index contributed by atoms with van der Waals surface area (Å²) in [6, 6.07) is 68.9. The Balaban J connectivity index is 1.06. The lowest BCUT2D eigenvalue weighted by Crippen LogP contribution is -2.11. The molecule has 0 bridgehead atoms. The Morgan fingerprint density at radius 1 is 0.431 bits per heavy atom. The van der Waals surface area contributed by atoms with E-state index in [9.17, 15) is 0 Å². The van der Waals surface area contributed by atoms with Crippen LogP contribution in [0.15, 0.2) is 203 Å². The zero-order valence-corrected chi connectivity index (χ0v) is 31.4. The van der Waals surface area contributed by atoms with Crippen LogP contribution in [0.3, 0.4) is 0 Å². The van der Waals surface area contributed by atoms with Crippen molar-refractivity contribution >= 4 is 60.9 Å². The maximum Gasteiger partial charge on any atom is 0.228 e. The molecule has 0 unspecified atom stereocenters. The van der Waals surface area contributed by atoms with Gasteiger partial charge >= 0.3 is 0 Å². The lowest BCUT2D eigenvalue weighted by Gasteiger charge is -2.27. The Morgan fingerprint density at radius 3 is 1.90 bits per heavy atom. The standard InChI is InChI=1S/C54H34N2O2/c1-2-11-34(12-3-1)35-21-23-36(24-22-35)37-25-27-41(28-26-37)56(42-29-30-44-40(32-42)31-38-13-4-6-15-43(38)44)48-33-39-14-5-7-16-45(39)52-51-46(17-10-20-50(51)57-53(48)52)54-55-47-18-8-9-19-49(47)58-54/h1-30,32-33H,31H2. The summed E-state index contributed by atoms with van der Waals surface area (Å²) in [6.07, 6.45) is 0.900. The zero-order valence-electron chi connectivity index (χ0n) is 31.4. The molecule has 0 saturated carbocycles. The van der Waals surface area contributed by atoms with Crippen molar-refractivity contribution in [1.82, 2.24) is 4.98 Å². The van der Waals surface area contributed by atoms with Crippen LogP contribution in [0.25, 0.3) is 88.6 Å². The normalized spacial score (nSPS) is 12.1. The van der Waals surface area contributed by atoms with Gasteiger partial charge in [0, 0.05) is 27.7 Å². The fraction of sp³-hybridized carbons (Fsp3) is 0.0185. The van der Waals surface area contributed by atoms with Crippen molar-refractivity contribution in [2.24, 2.45) is 0 Å². The first kappa shape index (κ1) is 32.5. The fourth-order valence-corrected chi connectivity index (χ4v) is 8.97. The molecule has 0 amide bonds. The minimum absolute atomic E-state index is 0.575. The van der Waals surface area contributed by atoms with E-state index in [4.69, 9.17) is 13.8 Å².